The number of anilines is 2. The van der Waals surface area contributed by atoms with Crippen LogP contribution in [0.25, 0.3) is 33.3 Å². The van der Waals surface area contributed by atoms with E-state index in [1.54, 1.807) is 43.2 Å². The van der Waals surface area contributed by atoms with Crippen molar-refractivity contribution in [2.75, 3.05) is 31.7 Å². The molecule has 0 spiro atoms. The zero-order chi connectivity index (χ0) is 33.2. The van der Waals surface area contributed by atoms with Crippen molar-refractivity contribution in [3.63, 3.8) is 0 Å². The first-order valence-electron chi connectivity index (χ1n) is 13.0. The van der Waals surface area contributed by atoms with Gasteiger partial charge < -0.3 is 25.8 Å². The van der Waals surface area contributed by atoms with Gasteiger partial charge in [-0.15, -0.1) is 0 Å². The van der Waals surface area contributed by atoms with Crippen molar-refractivity contribution in [2.45, 2.75) is 6.18 Å². The molecule has 0 saturated heterocycles. The van der Waals surface area contributed by atoms with Crippen LogP contribution >= 0.6 is 11.6 Å². The van der Waals surface area contributed by atoms with Gasteiger partial charge in [0.25, 0.3) is 17.7 Å². The van der Waals surface area contributed by atoms with E-state index >= 15 is 0 Å². The molecule has 0 atom stereocenters. The van der Waals surface area contributed by atoms with Crippen molar-refractivity contribution in [1.82, 2.24) is 19.8 Å². The summed E-state index contributed by atoms with van der Waals surface area (Å²) in [6, 6.07) is 10.6. The highest BCUT2D eigenvalue weighted by atomic mass is 35.5. The summed E-state index contributed by atoms with van der Waals surface area (Å²) in [5.74, 6) is 1.86. The third-order valence-electron chi connectivity index (χ3n) is 6.56. The van der Waals surface area contributed by atoms with E-state index < -0.39 is 36.3 Å². The van der Waals surface area contributed by atoms with Crippen molar-refractivity contribution in [2.24, 2.45) is 7.05 Å². The number of nitrogens with two attached hydrogens (primary N) is 1. The number of hydrogen-bond acceptors (Lipinski definition) is 5. The van der Waals surface area contributed by atoms with Crippen molar-refractivity contribution < 1.29 is 31.9 Å². The Morgan fingerprint density at radius 3 is 2.33 bits per heavy atom. The molecule has 0 radical (unpaired) electrons. The van der Waals surface area contributed by atoms with Gasteiger partial charge >= 0.3 is 6.18 Å². The Morgan fingerprint density at radius 2 is 1.76 bits per heavy atom. The summed E-state index contributed by atoms with van der Waals surface area (Å²) in [4.78, 5) is 42.0. The Labute approximate surface area is 259 Å². The maximum Gasteiger partial charge on any atom is 0.405 e. The van der Waals surface area contributed by atoms with E-state index in [0.29, 0.717) is 38.9 Å². The zero-order valence-corrected chi connectivity index (χ0v) is 24.8. The minimum absolute atomic E-state index is 0.0970. The summed E-state index contributed by atoms with van der Waals surface area (Å²) < 4.78 is 53.0. The summed E-state index contributed by atoms with van der Waals surface area (Å²) in [6.07, 6.45) is -3.19. The number of aromatic nitrogens is 2. The highest BCUT2D eigenvalue weighted by molar-refractivity contribution is 6.34. The largest absolute Gasteiger partial charge is 0.405 e. The van der Waals surface area contributed by atoms with Crippen molar-refractivity contribution in [3.05, 3.63) is 77.2 Å². The van der Waals surface area contributed by atoms with E-state index in [9.17, 15) is 31.9 Å². The van der Waals surface area contributed by atoms with Crippen LogP contribution in [0.2, 0.25) is 5.02 Å². The topological polar surface area (TPSA) is 122 Å². The molecule has 4 rings (SSSR count). The lowest BCUT2D eigenvalue weighted by atomic mass is 9.96. The van der Waals surface area contributed by atoms with Crippen LogP contribution in [-0.4, -0.2) is 59.0 Å². The van der Waals surface area contributed by atoms with Crippen molar-refractivity contribution in [1.29, 1.82) is 0 Å². The Hall–Kier alpha value is -5.35. The summed E-state index contributed by atoms with van der Waals surface area (Å²) in [5, 5.41) is 4.47. The molecule has 9 nitrogen and oxygen atoms in total. The molecule has 0 aliphatic carbocycles. The minimum atomic E-state index is -4.61. The smallest absolute Gasteiger partial charge is 0.383 e. The summed E-state index contributed by atoms with van der Waals surface area (Å²) in [7, 11) is 4.83. The molecule has 2 aromatic carbocycles. The number of hydrogen-bond donors (Lipinski definition) is 3. The second kappa shape index (κ2) is 12.7. The van der Waals surface area contributed by atoms with Gasteiger partial charge in [-0.1, -0.05) is 42.3 Å². The molecule has 0 unspecified atom stereocenters. The van der Waals surface area contributed by atoms with Gasteiger partial charge in [0.2, 0.25) is 0 Å². The van der Waals surface area contributed by atoms with E-state index in [1.807, 2.05) is 0 Å². The number of carbonyl (C=O) groups excluding carboxylic acids is 3. The monoisotopic (exact) mass is 640 g/mol. The molecule has 4 aromatic rings. The minimum Gasteiger partial charge on any atom is -0.383 e. The van der Waals surface area contributed by atoms with E-state index in [-0.39, 0.29) is 22.1 Å². The lowest BCUT2D eigenvalue weighted by molar-refractivity contribution is -0.123. The number of amides is 3. The highest BCUT2D eigenvalue weighted by Crippen LogP contribution is 2.44. The van der Waals surface area contributed by atoms with Crippen LogP contribution in [0, 0.1) is 11.8 Å². The Morgan fingerprint density at radius 1 is 1.11 bits per heavy atom. The Balaban J connectivity index is 1.95. The molecule has 0 aliphatic rings. The zero-order valence-electron chi connectivity index (χ0n) is 24.1. The number of fused-ring (bicyclic) bond motifs is 1. The number of benzene rings is 2. The maximum absolute atomic E-state index is 13.2. The molecule has 45 heavy (non-hydrogen) atoms. The average Bonchev–Trinajstić information content (AvgIpc) is 3.29. The number of nitrogen functional groups attached to an aromatic ring is 1. The lowest BCUT2D eigenvalue weighted by Crippen LogP contribution is -2.33. The van der Waals surface area contributed by atoms with Gasteiger partial charge in [-0.25, -0.2) is 9.37 Å². The van der Waals surface area contributed by atoms with Gasteiger partial charge in [0, 0.05) is 44.5 Å². The van der Waals surface area contributed by atoms with Crippen LogP contribution < -0.4 is 16.4 Å². The second-order valence-electron chi connectivity index (χ2n) is 9.94. The summed E-state index contributed by atoms with van der Waals surface area (Å²) >= 11 is 6.42. The molecule has 0 fully saturated rings. The molecular formula is C31H25ClF4N6O3. The Kier molecular flexibility index (Phi) is 9.20. The first-order chi connectivity index (χ1) is 21.1. The highest BCUT2D eigenvalue weighted by Gasteiger charge is 2.29. The number of rotatable bonds is 6. The van der Waals surface area contributed by atoms with Gasteiger partial charge in [-0.05, 0) is 35.4 Å². The molecule has 14 heteroatoms. The molecule has 2 aromatic heterocycles. The van der Waals surface area contributed by atoms with Gasteiger partial charge in [0.05, 0.1) is 32.7 Å². The number of nitrogens with zero attached hydrogens (tertiary/aromatic N) is 3. The van der Waals surface area contributed by atoms with Gasteiger partial charge in [0.15, 0.2) is 5.83 Å². The number of alkyl halides is 3. The quantitative estimate of drug-likeness (QED) is 0.150. The first kappa shape index (κ1) is 32.6. The van der Waals surface area contributed by atoms with Gasteiger partial charge in [-0.3, -0.25) is 14.4 Å². The van der Waals surface area contributed by atoms with E-state index in [2.05, 4.69) is 28.7 Å². The number of nitrogens with one attached hydrogen (secondary N) is 2. The normalized spacial score (nSPS) is 11.0. The van der Waals surface area contributed by atoms with Crippen LogP contribution in [0.3, 0.4) is 0 Å². The Bertz CT molecular complexity index is 1920. The lowest BCUT2D eigenvalue weighted by Gasteiger charge is -2.13. The molecular weight excluding hydrogens is 616 g/mol. The fraction of sp³-hybridized carbons (Fsp3) is 0.161. The second-order valence-corrected chi connectivity index (χ2v) is 10.3. The van der Waals surface area contributed by atoms with Crippen molar-refractivity contribution in [3.8, 4) is 34.2 Å². The van der Waals surface area contributed by atoms with E-state index in [4.69, 9.17) is 17.3 Å². The number of aryl methyl sites for hydroxylation is 1. The third kappa shape index (κ3) is 7.08. The molecule has 0 bridgehead atoms. The molecule has 4 N–H and O–H groups in total. The summed E-state index contributed by atoms with van der Waals surface area (Å²) in [5.41, 5.74) is 9.41. The molecule has 2 heterocycles. The predicted molar refractivity (Wildman–Crippen MR) is 164 cm³/mol. The van der Waals surface area contributed by atoms with Gasteiger partial charge in [0.1, 0.15) is 12.4 Å². The number of pyridine rings is 1. The summed E-state index contributed by atoms with van der Waals surface area (Å²) in [6.45, 7) is 1.44. The van der Waals surface area contributed by atoms with Crippen LogP contribution in [0.5, 0.6) is 0 Å². The van der Waals surface area contributed by atoms with E-state index in [0.717, 1.165) is 0 Å². The van der Waals surface area contributed by atoms with Crippen LogP contribution in [-0.2, 0) is 16.6 Å². The molecule has 232 valence electrons. The van der Waals surface area contributed by atoms with Crippen molar-refractivity contribution >= 4 is 51.7 Å². The third-order valence-corrected chi connectivity index (χ3v) is 6.88. The SMILES string of the molecule is C=C(F)C(=O)Nc1ccc(-c2c(-c3ccc(C(=O)NCC(F)(F)F)c(Cl)c3)c3c(N)ncc(C#CC(=O)N(C)C)c3n2C)cc1. The standard InChI is InChI=1S/C31H25ClF4N6O3/c1-16(33)29(44)40-20-9-5-17(6-10-20)26-24(18-7-11-21(22(32)13-18)30(45)39-15-31(34,35)36)25-27(42(26)4)19(14-38-28(25)37)8-12-23(43)41(2)3/h5-7,9-11,13-14H,1,15H2,2-4H3,(H2,37,38)(H,39,45)(H,40,44). The van der Waals surface area contributed by atoms with E-state index in [1.165, 1.54) is 41.4 Å². The maximum atomic E-state index is 13.2. The number of halogens is 5. The number of carbonyl (C=O) groups is 3. The molecule has 0 saturated carbocycles. The van der Waals surface area contributed by atoms with Crippen LogP contribution in [0.4, 0.5) is 29.1 Å². The molecule has 0 aliphatic heterocycles. The van der Waals surface area contributed by atoms with Crippen LogP contribution in [0.15, 0.2) is 61.1 Å². The van der Waals surface area contributed by atoms with Crippen LogP contribution in [0.1, 0.15) is 15.9 Å². The van der Waals surface area contributed by atoms with Gasteiger partial charge in [-0.2, -0.15) is 13.2 Å². The molecule has 3 amide bonds. The predicted octanol–water partition coefficient (Wildman–Crippen LogP) is 5.30. The fourth-order valence-corrected chi connectivity index (χ4v) is 4.76. The first-order valence-corrected chi connectivity index (χ1v) is 13.4. The average molecular weight is 641 g/mol. The fourth-order valence-electron chi connectivity index (χ4n) is 4.49.